The van der Waals surface area contributed by atoms with Gasteiger partial charge in [-0.15, -0.1) is 11.6 Å². The van der Waals surface area contributed by atoms with Crippen molar-refractivity contribution in [2.75, 3.05) is 22.7 Å². The van der Waals surface area contributed by atoms with E-state index in [9.17, 15) is 14.7 Å². The second-order valence-corrected chi connectivity index (χ2v) is 20.0. The average Bonchev–Trinajstić information content (AvgIpc) is 3.18. The molecule has 266 valence electrons. The minimum atomic E-state index is -0.915. The van der Waals surface area contributed by atoms with E-state index in [2.05, 4.69) is 53.8 Å². The molecule has 0 radical (unpaired) electrons. The first-order valence-corrected chi connectivity index (χ1v) is 20.1. The normalized spacial score (nSPS) is 17.5. The first-order chi connectivity index (χ1) is 23.7. The summed E-state index contributed by atoms with van der Waals surface area (Å²) in [4.78, 5) is 29.9. The highest BCUT2D eigenvalue weighted by Gasteiger charge is 2.47. The molecule has 1 heterocycles. The van der Waals surface area contributed by atoms with Crippen LogP contribution in [-0.2, 0) is 22.6 Å². The number of hydrogen-bond acceptors (Lipinski definition) is 5. The quantitative estimate of drug-likeness (QED) is 0.120. The number of fused-ring (bicyclic) bond motifs is 1. The summed E-state index contributed by atoms with van der Waals surface area (Å²) in [5.74, 6) is 0.907. The molecule has 0 spiro atoms. The molecule has 3 aromatic rings. The molecule has 1 aliphatic heterocycles. The van der Waals surface area contributed by atoms with Gasteiger partial charge in [-0.05, 0) is 81.8 Å². The van der Waals surface area contributed by atoms with Gasteiger partial charge in [0.1, 0.15) is 19.0 Å². The molecule has 0 fully saturated rings. The van der Waals surface area contributed by atoms with E-state index in [1.54, 1.807) is 6.07 Å². The fourth-order valence-electron chi connectivity index (χ4n) is 7.82. The maximum atomic E-state index is 14.2. The molecule has 0 saturated carbocycles. The van der Waals surface area contributed by atoms with Gasteiger partial charge < -0.3 is 19.9 Å². The highest BCUT2D eigenvalue weighted by Crippen LogP contribution is 2.52. The van der Waals surface area contributed by atoms with Crippen molar-refractivity contribution >= 4 is 55.2 Å². The summed E-state index contributed by atoms with van der Waals surface area (Å²) in [6, 6.07) is 18.1. The average molecular weight is 738 g/mol. The van der Waals surface area contributed by atoms with Crippen LogP contribution in [0.3, 0.4) is 0 Å². The Morgan fingerprint density at radius 2 is 1.74 bits per heavy atom. The predicted molar refractivity (Wildman–Crippen MR) is 207 cm³/mol. The van der Waals surface area contributed by atoms with Crippen LogP contribution in [0.25, 0.3) is 0 Å². The van der Waals surface area contributed by atoms with Crippen LogP contribution < -0.4 is 15.0 Å². The van der Waals surface area contributed by atoms with Gasteiger partial charge in [0.15, 0.2) is 11.5 Å². The van der Waals surface area contributed by atoms with E-state index in [0.717, 1.165) is 17.5 Å². The number of rotatable bonds is 11. The van der Waals surface area contributed by atoms with Crippen molar-refractivity contribution in [3.05, 3.63) is 93.6 Å². The fourth-order valence-corrected chi connectivity index (χ4v) is 12.2. The lowest BCUT2D eigenvalue weighted by Crippen LogP contribution is -2.40. The van der Waals surface area contributed by atoms with Crippen LogP contribution in [0.1, 0.15) is 84.0 Å². The van der Waals surface area contributed by atoms with E-state index < -0.39 is 20.9 Å². The monoisotopic (exact) mass is 736 g/mol. The molecule has 7 nitrogen and oxygen atoms in total. The largest absolute Gasteiger partial charge is 0.592 e. The van der Waals surface area contributed by atoms with Crippen LogP contribution in [-0.4, -0.2) is 38.3 Å². The molecule has 1 aliphatic carbocycles. The Balaban J connectivity index is 1.65. The fraction of sp³-hybridized carbons (Fsp3) is 0.450. The lowest BCUT2D eigenvalue weighted by Gasteiger charge is -2.37. The Morgan fingerprint density at radius 3 is 2.38 bits per heavy atom. The van der Waals surface area contributed by atoms with Gasteiger partial charge in [0, 0.05) is 29.1 Å². The van der Waals surface area contributed by atoms with Crippen LogP contribution >= 0.6 is 23.2 Å². The molecular weight excluding hydrogens is 687 g/mol. The summed E-state index contributed by atoms with van der Waals surface area (Å²) in [5, 5.41) is 13.4. The van der Waals surface area contributed by atoms with Crippen molar-refractivity contribution in [1.82, 2.24) is 0 Å². The molecule has 3 N–H and O–H groups in total. The van der Waals surface area contributed by atoms with Crippen molar-refractivity contribution in [2.24, 2.45) is 5.41 Å². The number of carbonyl (C=O) groups excluding carboxylic acids is 2. The number of benzene rings is 3. The number of anilines is 2. The lowest BCUT2D eigenvalue weighted by molar-refractivity contribution is -0.118. The molecule has 1 amide bonds. The van der Waals surface area contributed by atoms with Crippen LogP contribution in [0, 0.1) is 5.41 Å². The third-order valence-electron chi connectivity index (χ3n) is 9.70. The zero-order valence-corrected chi connectivity index (χ0v) is 32.7. The van der Waals surface area contributed by atoms with E-state index in [4.69, 9.17) is 32.7 Å². The predicted octanol–water partition coefficient (Wildman–Crippen LogP) is 10.6. The molecule has 0 aromatic heterocycles. The van der Waals surface area contributed by atoms with E-state index >= 15 is 0 Å². The number of Topliss-reactive ketones (excluding diaryl/α,β-unsaturated/α-hetero) is 1. The number of halogens is 2. The molecule has 0 saturated heterocycles. The standard InChI is InChI=1S/C40H48Cl2N2O5Si/c1-24(2)50(25(3)4)26(5)19-28-13-16-33-36(38(28)46)43-32-21-40(6,7)22-34(45)35(32)37(44(33)39(47)48-18-17-41)30-15-14-29(20-31(30)42)49-23-27-11-9-8-10-12-27/h8-16,20,24-26,37H,17-19,21-23H2,1-7H3,(H-,43,45,46)/p+2. The third kappa shape index (κ3) is 8.19. The van der Waals surface area contributed by atoms with Crippen LogP contribution in [0.15, 0.2) is 71.9 Å². The molecule has 2 atom stereocenters. The first-order valence-electron chi connectivity index (χ1n) is 17.5. The molecule has 5 rings (SSSR count). The Labute approximate surface area is 308 Å². The Hall–Kier alpha value is -3.46. The van der Waals surface area contributed by atoms with Crippen LogP contribution in [0.2, 0.25) is 21.6 Å². The molecule has 0 bridgehead atoms. The number of ketones is 1. The zero-order chi connectivity index (χ0) is 36.3. The summed E-state index contributed by atoms with van der Waals surface area (Å²) in [5.41, 5.74) is 5.85. The minimum Gasteiger partial charge on any atom is -0.592 e. The van der Waals surface area contributed by atoms with E-state index in [1.165, 1.54) is 4.90 Å². The number of ether oxygens (including phenoxy) is 2. The molecule has 10 heteroatoms. The molecule has 2 unspecified atom stereocenters. The van der Waals surface area contributed by atoms with Gasteiger partial charge >= 0.3 is 14.9 Å². The van der Waals surface area contributed by atoms with E-state index in [0.29, 0.717) is 80.8 Å². The van der Waals surface area contributed by atoms with Gasteiger partial charge in [-0.2, -0.15) is 0 Å². The zero-order valence-electron chi connectivity index (χ0n) is 30.2. The molecule has 2 aliphatic rings. The van der Waals surface area contributed by atoms with Crippen molar-refractivity contribution in [2.45, 2.75) is 97.0 Å². The smallest absolute Gasteiger partial charge is 0.415 e. The summed E-state index contributed by atoms with van der Waals surface area (Å²) >= 11 is 13.0. The number of amides is 1. The summed E-state index contributed by atoms with van der Waals surface area (Å²) in [7, 11) is -0.725. The van der Waals surface area contributed by atoms with Crippen molar-refractivity contribution < 1.29 is 24.2 Å². The second kappa shape index (κ2) is 15.8. The number of carbonyl (C=O) groups is 2. The Kier molecular flexibility index (Phi) is 12.0. The number of nitrogens with zero attached hydrogens (tertiary/aromatic N) is 1. The Morgan fingerprint density at radius 1 is 1.04 bits per heavy atom. The number of alkyl halides is 1. The van der Waals surface area contributed by atoms with E-state index in [1.807, 2.05) is 54.6 Å². The summed E-state index contributed by atoms with van der Waals surface area (Å²) < 4.78 is 11.8. The first kappa shape index (κ1) is 37.8. The van der Waals surface area contributed by atoms with Gasteiger partial charge in [0.05, 0.1) is 39.8 Å². The van der Waals surface area contributed by atoms with Crippen molar-refractivity contribution in [1.29, 1.82) is 0 Å². The van der Waals surface area contributed by atoms with Crippen LogP contribution in [0.5, 0.6) is 11.5 Å². The Bertz CT molecular complexity index is 1730. The van der Waals surface area contributed by atoms with E-state index in [-0.39, 0.29) is 23.7 Å². The van der Waals surface area contributed by atoms with Crippen LogP contribution in [0.4, 0.5) is 16.2 Å². The minimum absolute atomic E-state index is 0.0161. The second-order valence-electron chi connectivity index (χ2n) is 14.9. The van der Waals surface area contributed by atoms with Crippen molar-refractivity contribution in [3.63, 3.8) is 0 Å². The topological polar surface area (TPSA) is 90.8 Å². The SMILES string of the molecule is CC(C)[Si+](C(C)C)C(C)Cc1ccc2c(c1[OH2+])NC1=C(C(=O)CC(C)(C)C1)C(c1ccc(OCc3ccccc3)cc1Cl)N2C(=O)OCCCl. The highest BCUT2D eigenvalue weighted by atomic mass is 35.5. The van der Waals surface area contributed by atoms with Gasteiger partial charge in [0.25, 0.3) is 5.75 Å². The number of allylic oxidation sites excluding steroid dienone is 1. The molecule has 3 aromatic carbocycles. The third-order valence-corrected chi connectivity index (χ3v) is 14.2. The number of nitrogens with one attached hydrogen (secondary N) is 1. The van der Waals surface area contributed by atoms with Crippen molar-refractivity contribution in [3.8, 4) is 11.5 Å². The lowest BCUT2D eigenvalue weighted by atomic mass is 9.73. The summed E-state index contributed by atoms with van der Waals surface area (Å²) in [6.07, 6.45) is 0.937. The summed E-state index contributed by atoms with van der Waals surface area (Å²) in [6.45, 7) is 16.0. The maximum Gasteiger partial charge on any atom is 0.415 e. The highest BCUT2D eigenvalue weighted by molar-refractivity contribution is 6.63. The maximum absolute atomic E-state index is 14.2. The van der Waals surface area contributed by atoms with Gasteiger partial charge in [-0.1, -0.05) is 61.8 Å². The number of hydrogen-bond donors (Lipinski definition) is 1. The molecular formula is C40H50Cl2N2O5Si+2. The molecule has 50 heavy (non-hydrogen) atoms. The van der Waals surface area contributed by atoms with Gasteiger partial charge in [0.2, 0.25) is 0 Å². The van der Waals surface area contributed by atoms with Gasteiger partial charge in [-0.3, -0.25) is 9.69 Å². The van der Waals surface area contributed by atoms with Gasteiger partial charge in [-0.25, -0.2) is 4.79 Å².